The van der Waals surface area contributed by atoms with Crippen LogP contribution < -0.4 is 10.9 Å². The quantitative estimate of drug-likeness (QED) is 0.508. The molecule has 0 amide bonds. The molecule has 28 heavy (non-hydrogen) atoms. The first-order valence-corrected chi connectivity index (χ1v) is 8.82. The molecular weight excluding hydrogens is 354 g/mol. The summed E-state index contributed by atoms with van der Waals surface area (Å²) in [7, 11) is 1.63. The number of H-pyrrole nitrogens is 1. The van der Waals surface area contributed by atoms with Crippen molar-refractivity contribution in [1.82, 2.24) is 29.3 Å². The Morgan fingerprint density at radius 1 is 1.07 bits per heavy atom. The molecule has 8 nitrogen and oxygen atoms in total. The molecule has 5 aromatic heterocycles. The molecule has 0 aliphatic heterocycles. The van der Waals surface area contributed by atoms with Crippen LogP contribution in [-0.2, 0) is 7.05 Å². The lowest BCUT2D eigenvalue weighted by atomic mass is 10.2. The molecule has 0 aromatic carbocycles. The topological polar surface area (TPSA) is 93.4 Å². The average Bonchev–Trinajstić information content (AvgIpc) is 3.35. The predicted molar refractivity (Wildman–Crippen MR) is 108 cm³/mol. The van der Waals surface area contributed by atoms with Crippen molar-refractivity contribution in [2.75, 3.05) is 5.32 Å². The van der Waals surface area contributed by atoms with Gasteiger partial charge in [-0.2, -0.15) is 5.10 Å². The van der Waals surface area contributed by atoms with Crippen molar-refractivity contribution in [3.8, 4) is 5.82 Å². The highest BCUT2D eigenvalue weighted by Crippen LogP contribution is 2.29. The molecule has 0 saturated carbocycles. The number of aromatic nitrogens is 6. The molecule has 0 aliphatic carbocycles. The third-order valence-corrected chi connectivity index (χ3v) is 4.93. The number of pyridine rings is 2. The van der Waals surface area contributed by atoms with E-state index in [1.54, 1.807) is 32.6 Å². The van der Waals surface area contributed by atoms with Gasteiger partial charge in [-0.3, -0.25) is 4.79 Å². The molecule has 0 radical (unpaired) electrons. The number of nitrogens with zero attached hydrogens (tertiary/aromatic N) is 5. The smallest absolute Gasteiger partial charge is 0.271 e. The van der Waals surface area contributed by atoms with Crippen LogP contribution in [0.3, 0.4) is 0 Å². The number of nitrogens with one attached hydrogen (secondary N) is 2. The van der Waals surface area contributed by atoms with Gasteiger partial charge in [-0.15, -0.1) is 0 Å². The summed E-state index contributed by atoms with van der Waals surface area (Å²) in [5.41, 5.74) is 3.09. The monoisotopic (exact) mass is 371 g/mol. The first-order chi connectivity index (χ1) is 13.6. The Morgan fingerprint density at radius 3 is 2.82 bits per heavy atom. The average molecular weight is 371 g/mol. The highest BCUT2D eigenvalue weighted by Gasteiger charge is 2.13. The lowest BCUT2D eigenvalue weighted by Gasteiger charge is -2.11. The van der Waals surface area contributed by atoms with Crippen LogP contribution in [0.5, 0.6) is 0 Å². The van der Waals surface area contributed by atoms with Crippen molar-refractivity contribution in [2.45, 2.75) is 6.92 Å². The van der Waals surface area contributed by atoms with Crippen LogP contribution in [0.2, 0.25) is 0 Å². The van der Waals surface area contributed by atoms with E-state index in [4.69, 9.17) is 0 Å². The molecule has 0 aliphatic rings. The van der Waals surface area contributed by atoms with E-state index in [0.29, 0.717) is 17.1 Å². The predicted octanol–water partition coefficient (Wildman–Crippen LogP) is 3.05. The zero-order chi connectivity index (χ0) is 19.3. The van der Waals surface area contributed by atoms with Gasteiger partial charge in [-0.05, 0) is 31.2 Å². The standard InChI is InChI=1S/C20H17N7O/c1-12-16(11-24-26(2)20(12)28)25-18-14-6-10-27(17(14)5-9-22-18)19-13-3-7-21-15(13)4-8-23-19/h3-11,21H,1-2H3,(H,22,25). The van der Waals surface area contributed by atoms with Crippen LogP contribution in [-0.4, -0.2) is 29.3 Å². The molecule has 0 unspecified atom stereocenters. The third kappa shape index (κ3) is 2.38. The molecule has 0 bridgehead atoms. The van der Waals surface area contributed by atoms with Crippen LogP contribution in [0, 0.1) is 6.92 Å². The van der Waals surface area contributed by atoms with Gasteiger partial charge >= 0.3 is 0 Å². The van der Waals surface area contributed by atoms with E-state index in [9.17, 15) is 4.79 Å². The summed E-state index contributed by atoms with van der Waals surface area (Å²) in [4.78, 5) is 24.4. The molecule has 8 heteroatoms. The van der Waals surface area contributed by atoms with Gasteiger partial charge in [0.25, 0.3) is 5.56 Å². The van der Waals surface area contributed by atoms with Crippen LogP contribution >= 0.6 is 0 Å². The molecule has 0 atom stereocenters. The van der Waals surface area contributed by atoms with Crippen molar-refractivity contribution in [1.29, 1.82) is 0 Å². The molecule has 2 N–H and O–H groups in total. The Hall–Kier alpha value is -3.94. The molecular formula is C20H17N7O. The van der Waals surface area contributed by atoms with Gasteiger partial charge in [0.15, 0.2) is 0 Å². The molecule has 0 saturated heterocycles. The largest absolute Gasteiger partial charge is 0.361 e. The lowest BCUT2D eigenvalue weighted by molar-refractivity contribution is 0.702. The van der Waals surface area contributed by atoms with Crippen LogP contribution in [0.15, 0.2) is 60.0 Å². The summed E-state index contributed by atoms with van der Waals surface area (Å²) in [6.07, 6.45) is 9.04. The molecule has 0 fully saturated rings. The van der Waals surface area contributed by atoms with Crippen LogP contribution in [0.1, 0.15) is 5.56 Å². The molecule has 5 heterocycles. The minimum atomic E-state index is -0.141. The number of aryl methyl sites for hydroxylation is 1. The fourth-order valence-corrected chi connectivity index (χ4v) is 3.42. The fraction of sp³-hybridized carbons (Fsp3) is 0.100. The summed E-state index contributed by atoms with van der Waals surface area (Å²) in [5, 5.41) is 9.31. The van der Waals surface area contributed by atoms with Gasteiger partial charge in [0, 0.05) is 48.2 Å². The van der Waals surface area contributed by atoms with Gasteiger partial charge in [0.1, 0.15) is 11.6 Å². The van der Waals surface area contributed by atoms with Crippen LogP contribution in [0.4, 0.5) is 11.5 Å². The number of hydrogen-bond donors (Lipinski definition) is 2. The van der Waals surface area contributed by atoms with E-state index < -0.39 is 0 Å². The molecule has 5 aromatic rings. The molecule has 5 rings (SSSR count). The summed E-state index contributed by atoms with van der Waals surface area (Å²) >= 11 is 0. The molecule has 0 spiro atoms. The van der Waals surface area contributed by atoms with Crippen molar-refractivity contribution in [3.05, 3.63) is 71.2 Å². The SMILES string of the molecule is Cc1c(Nc2nccc3c2ccn3-c2nccc3[nH]ccc23)cnn(C)c1=O. The van der Waals surface area contributed by atoms with E-state index in [0.717, 1.165) is 27.6 Å². The fourth-order valence-electron chi connectivity index (χ4n) is 3.42. The van der Waals surface area contributed by atoms with E-state index in [1.807, 2.05) is 41.2 Å². The normalized spacial score (nSPS) is 11.4. The maximum absolute atomic E-state index is 12.2. The van der Waals surface area contributed by atoms with E-state index in [1.165, 1.54) is 4.68 Å². The first-order valence-electron chi connectivity index (χ1n) is 8.82. The Morgan fingerprint density at radius 2 is 1.93 bits per heavy atom. The molecule has 138 valence electrons. The van der Waals surface area contributed by atoms with E-state index in [-0.39, 0.29) is 5.56 Å². The summed E-state index contributed by atoms with van der Waals surface area (Å²) in [6.45, 7) is 1.77. The maximum Gasteiger partial charge on any atom is 0.271 e. The van der Waals surface area contributed by atoms with Crippen molar-refractivity contribution in [3.63, 3.8) is 0 Å². The number of fused-ring (bicyclic) bond motifs is 2. The lowest BCUT2D eigenvalue weighted by Crippen LogP contribution is -2.22. The van der Waals surface area contributed by atoms with Gasteiger partial charge < -0.3 is 14.9 Å². The second-order valence-electron chi connectivity index (χ2n) is 6.59. The van der Waals surface area contributed by atoms with Crippen molar-refractivity contribution >= 4 is 33.3 Å². The Bertz CT molecular complexity index is 1390. The summed E-state index contributed by atoms with van der Waals surface area (Å²) in [5.74, 6) is 1.51. The number of anilines is 2. The van der Waals surface area contributed by atoms with Crippen molar-refractivity contribution < 1.29 is 0 Å². The van der Waals surface area contributed by atoms with Gasteiger partial charge in [-0.25, -0.2) is 14.6 Å². The number of rotatable bonds is 3. The second-order valence-corrected chi connectivity index (χ2v) is 6.59. The summed E-state index contributed by atoms with van der Waals surface area (Å²) in [6, 6.07) is 7.90. The van der Waals surface area contributed by atoms with Gasteiger partial charge in [-0.1, -0.05) is 0 Å². The van der Waals surface area contributed by atoms with Crippen molar-refractivity contribution in [2.24, 2.45) is 7.05 Å². The van der Waals surface area contributed by atoms with Gasteiger partial charge in [0.05, 0.1) is 22.9 Å². The maximum atomic E-state index is 12.2. The summed E-state index contributed by atoms with van der Waals surface area (Å²) < 4.78 is 3.35. The van der Waals surface area contributed by atoms with Gasteiger partial charge in [0.2, 0.25) is 0 Å². The number of aromatic amines is 1. The van der Waals surface area contributed by atoms with Crippen LogP contribution in [0.25, 0.3) is 27.6 Å². The minimum absolute atomic E-state index is 0.141. The second kappa shape index (κ2) is 6.05. The minimum Gasteiger partial charge on any atom is -0.361 e. The zero-order valence-corrected chi connectivity index (χ0v) is 15.3. The Balaban J connectivity index is 1.65. The highest BCUT2D eigenvalue weighted by molar-refractivity contribution is 5.95. The number of hydrogen-bond acceptors (Lipinski definition) is 5. The Labute approximate surface area is 159 Å². The Kier molecular flexibility index (Phi) is 3.51. The highest BCUT2D eigenvalue weighted by atomic mass is 16.1. The third-order valence-electron chi connectivity index (χ3n) is 4.93. The zero-order valence-electron chi connectivity index (χ0n) is 15.3. The van der Waals surface area contributed by atoms with E-state index >= 15 is 0 Å². The first kappa shape index (κ1) is 16.2. The van der Waals surface area contributed by atoms with E-state index in [2.05, 4.69) is 25.4 Å².